The van der Waals surface area contributed by atoms with E-state index in [4.69, 9.17) is 4.74 Å². The van der Waals surface area contributed by atoms with Crippen molar-refractivity contribution in [1.29, 1.82) is 0 Å². The monoisotopic (exact) mass is 328 g/mol. The van der Waals surface area contributed by atoms with Crippen molar-refractivity contribution in [3.05, 3.63) is 69.8 Å². The number of carbonyl (C=O) groups excluding carboxylic acids is 2. The van der Waals surface area contributed by atoms with Gasteiger partial charge in [0.05, 0.1) is 4.92 Å². The molecule has 1 atom stereocenters. The van der Waals surface area contributed by atoms with E-state index in [1.807, 2.05) is 0 Å². The van der Waals surface area contributed by atoms with Crippen LogP contribution in [-0.4, -0.2) is 16.8 Å². The molecule has 0 heterocycles. The van der Waals surface area contributed by atoms with Crippen LogP contribution in [0.3, 0.4) is 0 Å². The smallest absolute Gasteiger partial charge is 0.303 e. The Bertz CT molecular complexity index is 774. The summed E-state index contributed by atoms with van der Waals surface area (Å²) in [5.41, 5.74) is 0.987. The SMILES string of the molecule is CC(=O)O[C@@H](C(=O)Nc1ccc(C)cc1[N+](=O)[O-])c1ccccc1. The van der Waals surface area contributed by atoms with Crippen molar-refractivity contribution in [1.82, 2.24) is 0 Å². The molecule has 2 rings (SSSR count). The van der Waals surface area contributed by atoms with Crippen LogP contribution in [0.4, 0.5) is 11.4 Å². The van der Waals surface area contributed by atoms with Gasteiger partial charge in [0.1, 0.15) is 5.69 Å². The van der Waals surface area contributed by atoms with Gasteiger partial charge in [0, 0.05) is 18.6 Å². The van der Waals surface area contributed by atoms with Crippen molar-refractivity contribution in [2.75, 3.05) is 5.32 Å². The molecule has 0 fully saturated rings. The third-order valence-corrected chi connectivity index (χ3v) is 3.23. The summed E-state index contributed by atoms with van der Waals surface area (Å²) in [7, 11) is 0. The number of anilines is 1. The first-order chi connectivity index (χ1) is 11.4. The van der Waals surface area contributed by atoms with E-state index in [0.717, 1.165) is 0 Å². The first kappa shape index (κ1) is 17.1. The number of nitrogens with one attached hydrogen (secondary N) is 1. The summed E-state index contributed by atoms with van der Waals surface area (Å²) in [6.07, 6.45) is -1.19. The van der Waals surface area contributed by atoms with E-state index >= 15 is 0 Å². The number of carbonyl (C=O) groups is 2. The average Bonchev–Trinajstić information content (AvgIpc) is 2.54. The van der Waals surface area contributed by atoms with E-state index < -0.39 is 22.9 Å². The summed E-state index contributed by atoms with van der Waals surface area (Å²) in [6, 6.07) is 12.9. The Hall–Kier alpha value is -3.22. The number of nitrogens with zero attached hydrogens (tertiary/aromatic N) is 1. The second-order valence-corrected chi connectivity index (χ2v) is 5.17. The lowest BCUT2D eigenvalue weighted by Gasteiger charge is -2.17. The minimum absolute atomic E-state index is 0.0451. The van der Waals surface area contributed by atoms with Crippen LogP contribution in [0.25, 0.3) is 0 Å². The molecule has 0 aliphatic heterocycles. The summed E-state index contributed by atoms with van der Waals surface area (Å²) in [5, 5.41) is 13.6. The molecule has 1 N–H and O–H groups in total. The number of benzene rings is 2. The van der Waals surface area contributed by atoms with Gasteiger partial charge in [-0.05, 0) is 18.6 Å². The van der Waals surface area contributed by atoms with E-state index in [0.29, 0.717) is 11.1 Å². The number of nitro benzene ring substituents is 1. The fourth-order valence-electron chi connectivity index (χ4n) is 2.16. The van der Waals surface area contributed by atoms with Gasteiger partial charge in [-0.2, -0.15) is 0 Å². The predicted octanol–water partition coefficient (Wildman–Crippen LogP) is 3.15. The summed E-state index contributed by atoms with van der Waals surface area (Å²) in [4.78, 5) is 34.4. The number of esters is 1. The molecule has 1 amide bonds. The minimum atomic E-state index is -1.19. The van der Waals surface area contributed by atoms with Crippen molar-refractivity contribution in [2.24, 2.45) is 0 Å². The highest BCUT2D eigenvalue weighted by atomic mass is 16.6. The van der Waals surface area contributed by atoms with Gasteiger partial charge >= 0.3 is 5.97 Å². The van der Waals surface area contributed by atoms with Crippen molar-refractivity contribution in [3.8, 4) is 0 Å². The molecule has 7 nitrogen and oxygen atoms in total. The second-order valence-electron chi connectivity index (χ2n) is 5.17. The summed E-state index contributed by atoms with van der Waals surface area (Å²) < 4.78 is 5.07. The van der Waals surface area contributed by atoms with Crippen molar-refractivity contribution in [2.45, 2.75) is 20.0 Å². The molecule has 0 radical (unpaired) electrons. The maximum atomic E-state index is 12.5. The third-order valence-electron chi connectivity index (χ3n) is 3.23. The second kappa shape index (κ2) is 7.36. The molecular formula is C17H16N2O5. The number of nitro groups is 1. The summed E-state index contributed by atoms with van der Waals surface area (Å²) in [6.45, 7) is 2.90. The van der Waals surface area contributed by atoms with Crippen molar-refractivity contribution >= 4 is 23.3 Å². The molecule has 0 aliphatic rings. The fourth-order valence-corrected chi connectivity index (χ4v) is 2.16. The molecule has 124 valence electrons. The Labute approximate surface area is 138 Å². The number of hydrogen-bond donors (Lipinski definition) is 1. The molecule has 2 aromatic rings. The zero-order valence-electron chi connectivity index (χ0n) is 13.2. The van der Waals surface area contributed by atoms with E-state index in [-0.39, 0.29) is 11.4 Å². The van der Waals surface area contributed by atoms with Crippen LogP contribution in [-0.2, 0) is 14.3 Å². The molecule has 0 unspecified atom stereocenters. The Kier molecular flexibility index (Phi) is 5.26. The van der Waals surface area contributed by atoms with Crippen LogP contribution >= 0.6 is 0 Å². The van der Waals surface area contributed by atoms with Crippen molar-refractivity contribution < 1.29 is 19.2 Å². The Morgan fingerprint density at radius 3 is 2.42 bits per heavy atom. The standard InChI is InChI=1S/C17H16N2O5/c1-11-8-9-14(15(10-11)19(22)23)18-17(21)16(24-12(2)20)13-6-4-3-5-7-13/h3-10,16H,1-2H3,(H,18,21)/t16-/m1/s1. The van der Waals surface area contributed by atoms with E-state index in [9.17, 15) is 19.7 Å². The molecule has 7 heteroatoms. The van der Waals surface area contributed by atoms with Gasteiger partial charge in [0.15, 0.2) is 0 Å². The van der Waals surface area contributed by atoms with Crippen molar-refractivity contribution in [3.63, 3.8) is 0 Å². The molecular weight excluding hydrogens is 312 g/mol. The average molecular weight is 328 g/mol. The maximum Gasteiger partial charge on any atom is 0.303 e. The normalized spacial score (nSPS) is 11.4. The van der Waals surface area contributed by atoms with Gasteiger partial charge in [0.2, 0.25) is 6.10 Å². The Morgan fingerprint density at radius 1 is 1.17 bits per heavy atom. The fraction of sp³-hybridized carbons (Fsp3) is 0.176. The van der Waals surface area contributed by atoms with Gasteiger partial charge in [-0.1, -0.05) is 36.4 Å². The van der Waals surface area contributed by atoms with Crippen LogP contribution in [0.15, 0.2) is 48.5 Å². The predicted molar refractivity (Wildman–Crippen MR) is 87.4 cm³/mol. The molecule has 0 aromatic heterocycles. The minimum Gasteiger partial charge on any atom is -0.447 e. The highest BCUT2D eigenvalue weighted by Gasteiger charge is 2.26. The van der Waals surface area contributed by atoms with Gasteiger partial charge < -0.3 is 10.1 Å². The Balaban J connectivity index is 2.32. The maximum absolute atomic E-state index is 12.5. The largest absolute Gasteiger partial charge is 0.447 e. The van der Waals surface area contributed by atoms with E-state index in [1.54, 1.807) is 43.3 Å². The van der Waals surface area contributed by atoms with Crippen LogP contribution in [0.5, 0.6) is 0 Å². The van der Waals surface area contributed by atoms with Gasteiger partial charge in [-0.25, -0.2) is 0 Å². The number of amides is 1. The number of ether oxygens (including phenoxy) is 1. The first-order valence-corrected chi connectivity index (χ1v) is 7.16. The third kappa shape index (κ3) is 4.16. The van der Waals surface area contributed by atoms with Gasteiger partial charge in [0.25, 0.3) is 11.6 Å². The lowest BCUT2D eigenvalue weighted by molar-refractivity contribution is -0.384. The molecule has 0 spiro atoms. The van der Waals surface area contributed by atoms with E-state index in [1.165, 1.54) is 19.1 Å². The topological polar surface area (TPSA) is 98.5 Å². The van der Waals surface area contributed by atoms with Gasteiger partial charge in [-0.3, -0.25) is 19.7 Å². The zero-order valence-corrected chi connectivity index (χ0v) is 13.2. The summed E-state index contributed by atoms with van der Waals surface area (Å²) >= 11 is 0. The quantitative estimate of drug-likeness (QED) is 0.516. The van der Waals surface area contributed by atoms with Crippen LogP contribution in [0.2, 0.25) is 0 Å². The lowest BCUT2D eigenvalue weighted by atomic mass is 10.1. The molecule has 0 bridgehead atoms. The van der Waals surface area contributed by atoms with Crippen LogP contribution in [0.1, 0.15) is 24.2 Å². The first-order valence-electron chi connectivity index (χ1n) is 7.16. The number of rotatable bonds is 5. The molecule has 0 saturated heterocycles. The molecule has 0 saturated carbocycles. The number of hydrogen-bond acceptors (Lipinski definition) is 5. The van der Waals surface area contributed by atoms with Crippen LogP contribution in [0, 0.1) is 17.0 Å². The van der Waals surface area contributed by atoms with Gasteiger partial charge in [-0.15, -0.1) is 0 Å². The number of aryl methyl sites for hydroxylation is 1. The molecule has 2 aromatic carbocycles. The van der Waals surface area contributed by atoms with Crippen LogP contribution < -0.4 is 5.32 Å². The zero-order chi connectivity index (χ0) is 17.7. The Morgan fingerprint density at radius 2 is 1.83 bits per heavy atom. The highest BCUT2D eigenvalue weighted by Crippen LogP contribution is 2.27. The van der Waals surface area contributed by atoms with E-state index in [2.05, 4.69) is 5.32 Å². The molecule has 24 heavy (non-hydrogen) atoms. The summed E-state index contributed by atoms with van der Waals surface area (Å²) in [5.74, 6) is -1.29. The molecule has 0 aliphatic carbocycles. The lowest BCUT2D eigenvalue weighted by Crippen LogP contribution is -2.25. The highest BCUT2D eigenvalue weighted by molar-refractivity contribution is 5.97.